The van der Waals surface area contributed by atoms with Crippen LogP contribution in [0.25, 0.3) is 0 Å². The van der Waals surface area contributed by atoms with E-state index in [9.17, 15) is 13.2 Å². The largest absolute Gasteiger partial charge is 0.496 e. The van der Waals surface area contributed by atoms with E-state index in [1.54, 1.807) is 0 Å². The van der Waals surface area contributed by atoms with Crippen molar-refractivity contribution in [2.45, 2.75) is 24.7 Å². The normalized spacial score (nSPS) is 20.9. The lowest BCUT2D eigenvalue weighted by Crippen LogP contribution is -2.27. The molecular formula is C14H18ClNO4S. The Morgan fingerprint density at radius 3 is 2.67 bits per heavy atom. The molecule has 7 heteroatoms. The van der Waals surface area contributed by atoms with Gasteiger partial charge in [-0.05, 0) is 36.5 Å². The van der Waals surface area contributed by atoms with Gasteiger partial charge in [0.2, 0.25) is 5.91 Å². The van der Waals surface area contributed by atoms with Crippen molar-refractivity contribution in [1.82, 2.24) is 5.32 Å². The second-order valence-corrected chi connectivity index (χ2v) is 7.93. The fraction of sp³-hybridized carbons (Fsp3) is 0.500. The minimum absolute atomic E-state index is 0.0384. The number of methoxy groups -OCH3 is 1. The maximum atomic E-state index is 11.9. The first-order chi connectivity index (χ1) is 9.81. The van der Waals surface area contributed by atoms with E-state index in [1.807, 2.05) is 0 Å². The predicted octanol–water partition coefficient (Wildman–Crippen LogP) is 1.94. The number of nitrogens with one attached hydrogen (secondary N) is 1. The smallest absolute Gasteiger partial charge is 0.261 e. The van der Waals surface area contributed by atoms with Crippen LogP contribution in [0, 0.1) is 11.8 Å². The second kappa shape index (κ2) is 6.23. The molecule has 0 heterocycles. The molecule has 1 aromatic carbocycles. The number of hydrogen-bond donors (Lipinski definition) is 1. The van der Waals surface area contributed by atoms with Crippen molar-refractivity contribution in [1.29, 1.82) is 0 Å². The molecule has 0 bridgehead atoms. The zero-order valence-corrected chi connectivity index (χ0v) is 13.5. The SMILES string of the molecule is COc1ccc(S(=O)(=O)Cl)cc1CC(=O)NCC1CC1C. The maximum absolute atomic E-state index is 11.9. The molecule has 1 amide bonds. The number of rotatable bonds is 6. The molecular weight excluding hydrogens is 314 g/mol. The second-order valence-electron chi connectivity index (χ2n) is 5.37. The molecule has 0 saturated heterocycles. The molecule has 1 N–H and O–H groups in total. The average molecular weight is 332 g/mol. The Bertz CT molecular complexity index is 644. The van der Waals surface area contributed by atoms with Crippen molar-refractivity contribution in [2.24, 2.45) is 11.8 Å². The van der Waals surface area contributed by atoms with E-state index < -0.39 is 9.05 Å². The van der Waals surface area contributed by atoms with E-state index in [4.69, 9.17) is 15.4 Å². The topological polar surface area (TPSA) is 72.5 Å². The van der Waals surface area contributed by atoms with Gasteiger partial charge < -0.3 is 10.1 Å². The number of halogens is 1. The van der Waals surface area contributed by atoms with Crippen molar-refractivity contribution >= 4 is 25.6 Å². The molecule has 116 valence electrons. The summed E-state index contributed by atoms with van der Waals surface area (Å²) >= 11 is 0. The van der Waals surface area contributed by atoms with Crippen LogP contribution in [0.5, 0.6) is 5.75 Å². The van der Waals surface area contributed by atoms with Crippen LogP contribution in [0.1, 0.15) is 18.9 Å². The van der Waals surface area contributed by atoms with Gasteiger partial charge >= 0.3 is 0 Å². The third-order valence-electron chi connectivity index (χ3n) is 3.72. The van der Waals surface area contributed by atoms with Gasteiger partial charge in [-0.25, -0.2) is 8.42 Å². The van der Waals surface area contributed by atoms with Gasteiger partial charge in [-0.15, -0.1) is 0 Å². The molecule has 1 saturated carbocycles. The Balaban J connectivity index is 2.07. The molecule has 2 unspecified atom stereocenters. The minimum atomic E-state index is -3.82. The van der Waals surface area contributed by atoms with E-state index in [2.05, 4.69) is 12.2 Å². The molecule has 0 aliphatic heterocycles. The van der Waals surface area contributed by atoms with Crippen LogP contribution in [0.4, 0.5) is 0 Å². The molecule has 1 fully saturated rings. The monoisotopic (exact) mass is 331 g/mol. The highest BCUT2D eigenvalue weighted by Crippen LogP contribution is 2.36. The fourth-order valence-electron chi connectivity index (χ4n) is 2.21. The van der Waals surface area contributed by atoms with Crippen LogP contribution in [-0.2, 0) is 20.3 Å². The molecule has 1 aromatic rings. The van der Waals surface area contributed by atoms with Crippen molar-refractivity contribution in [2.75, 3.05) is 13.7 Å². The summed E-state index contributed by atoms with van der Waals surface area (Å²) in [6, 6.07) is 4.23. The van der Waals surface area contributed by atoms with Gasteiger partial charge in [-0.2, -0.15) is 0 Å². The van der Waals surface area contributed by atoms with E-state index in [0.29, 0.717) is 29.7 Å². The van der Waals surface area contributed by atoms with Gasteiger partial charge in [-0.1, -0.05) is 6.92 Å². The molecule has 0 aromatic heterocycles. The lowest BCUT2D eigenvalue weighted by molar-refractivity contribution is -0.120. The fourth-order valence-corrected chi connectivity index (χ4v) is 3.01. The summed E-state index contributed by atoms with van der Waals surface area (Å²) in [6.45, 7) is 2.81. The summed E-state index contributed by atoms with van der Waals surface area (Å²) in [7, 11) is 2.97. The first-order valence-corrected chi connectivity index (χ1v) is 9.00. The van der Waals surface area contributed by atoms with Crippen LogP contribution in [0.15, 0.2) is 23.1 Å². The Kier molecular flexibility index (Phi) is 4.78. The van der Waals surface area contributed by atoms with Gasteiger partial charge in [0.05, 0.1) is 18.4 Å². The van der Waals surface area contributed by atoms with Crippen molar-refractivity contribution in [3.05, 3.63) is 23.8 Å². The zero-order valence-electron chi connectivity index (χ0n) is 11.9. The van der Waals surface area contributed by atoms with Gasteiger partial charge in [0.25, 0.3) is 9.05 Å². The van der Waals surface area contributed by atoms with Crippen LogP contribution < -0.4 is 10.1 Å². The van der Waals surface area contributed by atoms with Crippen LogP contribution in [-0.4, -0.2) is 28.0 Å². The van der Waals surface area contributed by atoms with Gasteiger partial charge in [0, 0.05) is 22.8 Å². The highest BCUT2D eigenvalue weighted by molar-refractivity contribution is 8.13. The molecule has 1 aliphatic carbocycles. The molecule has 21 heavy (non-hydrogen) atoms. The van der Waals surface area contributed by atoms with Crippen molar-refractivity contribution in [3.8, 4) is 5.75 Å². The van der Waals surface area contributed by atoms with E-state index in [-0.39, 0.29) is 17.2 Å². The maximum Gasteiger partial charge on any atom is 0.261 e. The number of ether oxygens (including phenoxy) is 1. The van der Waals surface area contributed by atoms with Crippen LogP contribution >= 0.6 is 10.7 Å². The third kappa shape index (κ3) is 4.35. The number of hydrogen-bond acceptors (Lipinski definition) is 4. The number of benzene rings is 1. The van der Waals surface area contributed by atoms with Gasteiger partial charge in [-0.3, -0.25) is 4.79 Å². The Morgan fingerprint density at radius 2 is 2.14 bits per heavy atom. The standard InChI is InChI=1S/C14H18ClNO4S/c1-9-5-11(9)8-16-14(17)7-10-6-12(21(15,18)19)3-4-13(10)20-2/h3-4,6,9,11H,5,7-8H2,1-2H3,(H,16,17). The summed E-state index contributed by atoms with van der Waals surface area (Å²) in [5.74, 6) is 1.54. The first kappa shape index (κ1) is 16.1. The highest BCUT2D eigenvalue weighted by Gasteiger charge is 2.32. The first-order valence-electron chi connectivity index (χ1n) is 6.69. The van der Waals surface area contributed by atoms with Gasteiger partial charge in [0.15, 0.2) is 0 Å². The summed E-state index contributed by atoms with van der Waals surface area (Å²) in [4.78, 5) is 11.9. The summed E-state index contributed by atoms with van der Waals surface area (Å²) < 4.78 is 27.9. The Labute approximate surface area is 129 Å². The molecule has 2 rings (SSSR count). The van der Waals surface area contributed by atoms with Crippen molar-refractivity contribution in [3.63, 3.8) is 0 Å². The summed E-state index contributed by atoms with van der Waals surface area (Å²) in [5.41, 5.74) is 0.501. The lowest BCUT2D eigenvalue weighted by atomic mass is 10.1. The van der Waals surface area contributed by atoms with Crippen molar-refractivity contribution < 1.29 is 17.9 Å². The highest BCUT2D eigenvalue weighted by atomic mass is 35.7. The third-order valence-corrected chi connectivity index (χ3v) is 5.07. The predicted molar refractivity (Wildman–Crippen MR) is 80.0 cm³/mol. The average Bonchev–Trinajstić information content (AvgIpc) is 3.11. The Hall–Kier alpha value is -1.27. The van der Waals surface area contributed by atoms with Gasteiger partial charge in [0.1, 0.15) is 5.75 Å². The molecule has 0 spiro atoms. The molecule has 0 radical (unpaired) electrons. The van der Waals surface area contributed by atoms with Crippen LogP contribution in [0.2, 0.25) is 0 Å². The van der Waals surface area contributed by atoms with E-state index in [0.717, 1.165) is 6.42 Å². The Morgan fingerprint density at radius 1 is 1.48 bits per heavy atom. The number of amides is 1. The number of carbonyl (C=O) groups is 1. The zero-order chi connectivity index (χ0) is 15.6. The molecule has 1 aliphatic rings. The number of carbonyl (C=O) groups excluding carboxylic acids is 1. The lowest BCUT2D eigenvalue weighted by Gasteiger charge is -2.10. The van der Waals surface area contributed by atoms with Crippen LogP contribution in [0.3, 0.4) is 0 Å². The minimum Gasteiger partial charge on any atom is -0.496 e. The molecule has 5 nitrogen and oxygen atoms in total. The van der Waals surface area contributed by atoms with E-state index in [1.165, 1.54) is 25.3 Å². The summed E-state index contributed by atoms with van der Waals surface area (Å²) in [6.07, 6.45) is 1.20. The quantitative estimate of drug-likeness (QED) is 0.808. The molecule has 2 atom stereocenters. The summed E-state index contributed by atoms with van der Waals surface area (Å²) in [5, 5.41) is 2.86. The van der Waals surface area contributed by atoms with E-state index >= 15 is 0 Å².